The number of rotatable bonds is 0. The zero-order valence-corrected chi connectivity index (χ0v) is 14.4. The van der Waals surface area contributed by atoms with Crippen LogP contribution in [0.5, 0.6) is 0 Å². The van der Waals surface area contributed by atoms with Crippen LogP contribution in [0.15, 0.2) is 23.8 Å². The van der Waals surface area contributed by atoms with Gasteiger partial charge in [-0.2, -0.15) is 0 Å². The molecule has 3 saturated carbocycles. The van der Waals surface area contributed by atoms with E-state index in [0.717, 1.165) is 31.3 Å². The molecule has 0 saturated heterocycles. The van der Waals surface area contributed by atoms with E-state index in [-0.39, 0.29) is 22.5 Å². The van der Waals surface area contributed by atoms with Gasteiger partial charge >= 0.3 is 0 Å². The number of hydrogen-bond donors (Lipinski definition) is 2. The molecule has 0 aliphatic heterocycles. The predicted octanol–water partition coefficient (Wildman–Crippen LogP) is 3.02. The van der Waals surface area contributed by atoms with Crippen LogP contribution in [0, 0.1) is 28.6 Å². The molecule has 4 aliphatic rings. The fourth-order valence-corrected chi connectivity index (χ4v) is 6.42. The third kappa shape index (κ3) is 1.87. The summed E-state index contributed by atoms with van der Waals surface area (Å²) < 4.78 is 0. The fourth-order valence-electron chi connectivity index (χ4n) is 6.42. The van der Waals surface area contributed by atoms with Gasteiger partial charge in [0.15, 0.2) is 5.78 Å². The molecule has 7 unspecified atom stereocenters. The maximum absolute atomic E-state index is 11.8. The monoisotopic (exact) mass is 316 g/mol. The van der Waals surface area contributed by atoms with Crippen molar-refractivity contribution < 1.29 is 15.0 Å². The van der Waals surface area contributed by atoms with E-state index in [2.05, 4.69) is 19.9 Å². The number of hydrogen-bond acceptors (Lipinski definition) is 3. The van der Waals surface area contributed by atoms with Crippen LogP contribution in [0.3, 0.4) is 0 Å². The largest absolute Gasteiger partial charge is 0.392 e. The molecule has 0 radical (unpaired) electrons. The lowest BCUT2D eigenvalue weighted by Gasteiger charge is -2.59. The lowest BCUT2D eigenvalue weighted by Crippen LogP contribution is -2.57. The third-order valence-electron chi connectivity index (χ3n) is 8.14. The molecule has 4 rings (SSSR count). The van der Waals surface area contributed by atoms with Gasteiger partial charge in [-0.3, -0.25) is 4.79 Å². The van der Waals surface area contributed by atoms with Gasteiger partial charge in [-0.1, -0.05) is 25.5 Å². The Morgan fingerprint density at radius 1 is 1.13 bits per heavy atom. The van der Waals surface area contributed by atoms with Crippen LogP contribution in [0.25, 0.3) is 0 Å². The van der Waals surface area contributed by atoms with Gasteiger partial charge < -0.3 is 10.2 Å². The van der Waals surface area contributed by atoms with Crippen molar-refractivity contribution in [1.29, 1.82) is 0 Å². The molecule has 4 aliphatic carbocycles. The standard InChI is InChI=1S/C20H28O3/c1-18-7-4-13(21)10-12(18)11-16(22)17-14(18)5-8-19(2)15(17)6-9-20(19,3)23/h4,7,10,14-17,22-23H,5-6,8-9,11H2,1-3H3. The Morgan fingerprint density at radius 2 is 1.83 bits per heavy atom. The second-order valence-electron chi connectivity index (χ2n) is 9.02. The first-order chi connectivity index (χ1) is 10.7. The second kappa shape index (κ2) is 4.58. The zero-order valence-electron chi connectivity index (χ0n) is 14.4. The van der Waals surface area contributed by atoms with E-state index >= 15 is 0 Å². The lowest BCUT2D eigenvalue weighted by molar-refractivity contribution is -0.139. The van der Waals surface area contributed by atoms with Crippen molar-refractivity contribution in [3.8, 4) is 0 Å². The van der Waals surface area contributed by atoms with Crippen molar-refractivity contribution in [1.82, 2.24) is 0 Å². The minimum atomic E-state index is -0.627. The Balaban J connectivity index is 1.76. The summed E-state index contributed by atoms with van der Waals surface area (Å²) in [7, 11) is 0. The summed E-state index contributed by atoms with van der Waals surface area (Å²) in [6.45, 7) is 6.44. The number of carbonyl (C=O) groups is 1. The number of carbonyl (C=O) groups excluding carboxylic acids is 1. The SMILES string of the molecule is CC12C=CC(=O)C=C1CC(O)C1C2CCC2(C)C1CCC2(C)O. The molecule has 3 nitrogen and oxygen atoms in total. The second-order valence-corrected chi connectivity index (χ2v) is 9.02. The van der Waals surface area contributed by atoms with Crippen LogP contribution in [0.2, 0.25) is 0 Å². The molecular weight excluding hydrogens is 288 g/mol. The number of ketones is 1. The average molecular weight is 316 g/mol. The Labute approximate surface area is 138 Å². The topological polar surface area (TPSA) is 57.5 Å². The van der Waals surface area contributed by atoms with Crippen LogP contribution < -0.4 is 0 Å². The van der Waals surface area contributed by atoms with E-state index in [1.54, 1.807) is 12.2 Å². The Hall–Kier alpha value is -0.930. The summed E-state index contributed by atoms with van der Waals surface area (Å²) in [4.78, 5) is 11.8. The van der Waals surface area contributed by atoms with Crippen molar-refractivity contribution >= 4 is 5.78 Å². The highest BCUT2D eigenvalue weighted by Crippen LogP contribution is 2.66. The van der Waals surface area contributed by atoms with E-state index in [1.165, 1.54) is 0 Å². The first kappa shape index (κ1) is 15.6. The normalized spacial score (nSPS) is 55.0. The maximum Gasteiger partial charge on any atom is 0.178 e. The van der Waals surface area contributed by atoms with Gasteiger partial charge in [0.25, 0.3) is 0 Å². The van der Waals surface area contributed by atoms with Crippen LogP contribution >= 0.6 is 0 Å². The minimum absolute atomic E-state index is 0.0487. The van der Waals surface area contributed by atoms with Gasteiger partial charge in [-0.15, -0.1) is 0 Å². The highest BCUT2D eigenvalue weighted by Gasteiger charge is 2.63. The number of fused-ring (bicyclic) bond motifs is 5. The van der Waals surface area contributed by atoms with Gasteiger partial charge in [0.05, 0.1) is 11.7 Å². The Morgan fingerprint density at radius 3 is 2.57 bits per heavy atom. The Bertz CT molecular complexity index is 616. The predicted molar refractivity (Wildman–Crippen MR) is 88.6 cm³/mol. The smallest absolute Gasteiger partial charge is 0.178 e. The summed E-state index contributed by atoms with van der Waals surface area (Å²) in [5, 5.41) is 21.8. The van der Waals surface area contributed by atoms with Crippen LogP contribution in [0.4, 0.5) is 0 Å². The highest BCUT2D eigenvalue weighted by atomic mass is 16.3. The lowest BCUT2D eigenvalue weighted by atomic mass is 9.46. The fraction of sp³-hybridized carbons (Fsp3) is 0.750. The molecule has 2 N–H and O–H groups in total. The molecule has 0 bridgehead atoms. The summed E-state index contributed by atoms with van der Waals surface area (Å²) in [5.74, 6) is 1.01. The van der Waals surface area contributed by atoms with Gasteiger partial charge in [0.2, 0.25) is 0 Å². The average Bonchev–Trinajstić information content (AvgIpc) is 2.72. The minimum Gasteiger partial charge on any atom is -0.392 e. The maximum atomic E-state index is 11.8. The first-order valence-electron chi connectivity index (χ1n) is 9.04. The number of allylic oxidation sites excluding steroid dienone is 3. The van der Waals surface area contributed by atoms with Gasteiger partial charge in [0, 0.05) is 5.41 Å². The molecule has 3 fully saturated rings. The molecule has 0 aromatic heterocycles. The summed E-state index contributed by atoms with van der Waals surface area (Å²) in [6, 6.07) is 0. The molecule has 126 valence electrons. The number of aliphatic hydroxyl groups is 2. The van der Waals surface area contributed by atoms with Crippen molar-refractivity contribution in [2.24, 2.45) is 28.6 Å². The van der Waals surface area contributed by atoms with E-state index < -0.39 is 11.7 Å². The Kier molecular flexibility index (Phi) is 3.10. The molecule has 0 aromatic rings. The first-order valence-corrected chi connectivity index (χ1v) is 9.04. The van der Waals surface area contributed by atoms with E-state index in [1.807, 2.05) is 6.92 Å². The quantitative estimate of drug-likeness (QED) is 0.722. The molecule has 7 atom stereocenters. The summed E-state index contributed by atoms with van der Waals surface area (Å²) >= 11 is 0. The molecule has 0 aromatic carbocycles. The van der Waals surface area contributed by atoms with Crippen molar-refractivity contribution in [2.75, 3.05) is 0 Å². The molecule has 0 spiro atoms. The van der Waals surface area contributed by atoms with Crippen LogP contribution in [-0.2, 0) is 4.79 Å². The van der Waals surface area contributed by atoms with Gasteiger partial charge in [-0.25, -0.2) is 0 Å². The molecule has 23 heavy (non-hydrogen) atoms. The summed E-state index contributed by atoms with van der Waals surface area (Å²) in [5.41, 5.74) is 0.277. The van der Waals surface area contributed by atoms with Crippen LogP contribution in [-0.4, -0.2) is 27.7 Å². The van der Waals surface area contributed by atoms with Crippen molar-refractivity contribution in [3.05, 3.63) is 23.8 Å². The van der Waals surface area contributed by atoms with Gasteiger partial charge in [0.1, 0.15) is 0 Å². The van der Waals surface area contributed by atoms with E-state index in [4.69, 9.17) is 0 Å². The number of aliphatic hydroxyl groups excluding tert-OH is 1. The van der Waals surface area contributed by atoms with Crippen molar-refractivity contribution in [3.63, 3.8) is 0 Å². The zero-order chi connectivity index (χ0) is 16.6. The van der Waals surface area contributed by atoms with Gasteiger partial charge in [-0.05, 0) is 74.3 Å². The molecule has 3 heteroatoms. The molecule has 0 heterocycles. The van der Waals surface area contributed by atoms with Crippen molar-refractivity contribution in [2.45, 2.75) is 64.6 Å². The van der Waals surface area contributed by atoms with E-state index in [0.29, 0.717) is 18.3 Å². The van der Waals surface area contributed by atoms with E-state index in [9.17, 15) is 15.0 Å². The third-order valence-corrected chi connectivity index (χ3v) is 8.14. The molecule has 0 amide bonds. The highest BCUT2D eigenvalue weighted by molar-refractivity contribution is 6.01. The van der Waals surface area contributed by atoms with Crippen LogP contribution in [0.1, 0.15) is 52.9 Å². The summed E-state index contributed by atoms with van der Waals surface area (Å²) in [6.07, 6.45) is 9.59. The molecular formula is C20H28O3.